The van der Waals surface area contributed by atoms with E-state index >= 15 is 0 Å². The van der Waals surface area contributed by atoms with E-state index < -0.39 is 29.0 Å². The molecule has 5 nitrogen and oxygen atoms in total. The monoisotopic (exact) mass is 438 g/mol. The molecule has 1 aliphatic carbocycles. The van der Waals surface area contributed by atoms with Gasteiger partial charge in [-0.2, -0.15) is 0 Å². The van der Waals surface area contributed by atoms with Crippen molar-refractivity contribution in [1.29, 1.82) is 0 Å². The van der Waals surface area contributed by atoms with Crippen LogP contribution in [0, 0.1) is 36.8 Å². The van der Waals surface area contributed by atoms with E-state index in [0.29, 0.717) is 16.7 Å². The number of nitrogens with one attached hydrogen (secondary N) is 1. The number of aromatic nitrogens is 1. The molecular weight excluding hydrogens is 414 g/mol. The van der Waals surface area contributed by atoms with Crippen molar-refractivity contribution < 1.29 is 23.2 Å². The maximum absolute atomic E-state index is 14.2. The van der Waals surface area contributed by atoms with Gasteiger partial charge >= 0.3 is 0 Å². The lowest BCUT2D eigenvalue weighted by Gasteiger charge is -2.21. The highest BCUT2D eigenvalue weighted by Gasteiger charge is 2.44. The predicted octanol–water partition coefficient (Wildman–Crippen LogP) is 3.86. The number of hydrogen-bond acceptors (Lipinski definition) is 4. The number of Topliss-reactive ketones (excluding diaryl/α,β-unsaturated/α-hetero) is 2. The van der Waals surface area contributed by atoms with Crippen LogP contribution in [0.15, 0.2) is 24.4 Å². The molecule has 7 heteroatoms. The van der Waals surface area contributed by atoms with E-state index in [2.05, 4.69) is 16.2 Å². The molecule has 1 saturated carbocycles. The van der Waals surface area contributed by atoms with Crippen LogP contribution < -0.4 is 5.32 Å². The van der Waals surface area contributed by atoms with E-state index in [1.807, 2.05) is 20.8 Å². The standard InChI is InChI=1S/C25H24F2N2O3/c1-6-14-8-15(23-18(27)11-17(26)12-28-23)7-13(2)21(14)22-19(30)9-16(24(22)32)10-20(31)29-25(3,4)5/h1,7-8,11-12,16,22H,9-10H2,2-5H3,(H,29,31). The largest absolute Gasteiger partial charge is 0.351 e. The summed E-state index contributed by atoms with van der Waals surface area (Å²) in [7, 11) is 0. The molecule has 1 amide bonds. The number of halogens is 2. The zero-order valence-corrected chi connectivity index (χ0v) is 18.4. The summed E-state index contributed by atoms with van der Waals surface area (Å²) in [4.78, 5) is 42.0. The lowest BCUT2D eigenvalue weighted by molar-refractivity contribution is -0.129. The van der Waals surface area contributed by atoms with Crippen LogP contribution in [0.4, 0.5) is 8.78 Å². The normalized spacial score (nSPS) is 18.5. The third-order valence-electron chi connectivity index (χ3n) is 5.31. The first-order chi connectivity index (χ1) is 14.9. The number of aryl methyl sites for hydroxylation is 1. The number of carbonyl (C=O) groups is 3. The Morgan fingerprint density at radius 2 is 1.94 bits per heavy atom. The van der Waals surface area contributed by atoms with E-state index in [4.69, 9.17) is 6.42 Å². The third-order valence-corrected chi connectivity index (χ3v) is 5.31. The average molecular weight is 438 g/mol. The summed E-state index contributed by atoms with van der Waals surface area (Å²) >= 11 is 0. The highest BCUT2D eigenvalue weighted by atomic mass is 19.1. The molecule has 2 aromatic rings. The Morgan fingerprint density at radius 1 is 1.25 bits per heavy atom. The van der Waals surface area contributed by atoms with Gasteiger partial charge in [0, 0.05) is 41.5 Å². The first-order valence-electron chi connectivity index (χ1n) is 10.2. The summed E-state index contributed by atoms with van der Waals surface area (Å²) in [5, 5.41) is 2.80. The van der Waals surface area contributed by atoms with Crippen molar-refractivity contribution >= 4 is 17.5 Å². The van der Waals surface area contributed by atoms with E-state index in [1.165, 1.54) is 6.07 Å². The molecule has 1 fully saturated rings. The van der Waals surface area contributed by atoms with E-state index in [9.17, 15) is 23.2 Å². The smallest absolute Gasteiger partial charge is 0.221 e. The van der Waals surface area contributed by atoms with Crippen molar-refractivity contribution in [3.05, 3.63) is 52.7 Å². The molecule has 1 aliphatic rings. The molecule has 0 radical (unpaired) electrons. The molecule has 0 saturated heterocycles. The van der Waals surface area contributed by atoms with Crippen LogP contribution in [0.25, 0.3) is 11.3 Å². The molecular formula is C25H24F2N2O3. The first-order valence-corrected chi connectivity index (χ1v) is 10.2. The van der Waals surface area contributed by atoms with Crippen molar-refractivity contribution in [3.8, 4) is 23.6 Å². The van der Waals surface area contributed by atoms with Gasteiger partial charge in [-0.25, -0.2) is 8.78 Å². The van der Waals surface area contributed by atoms with Gasteiger partial charge < -0.3 is 5.32 Å². The van der Waals surface area contributed by atoms with Crippen LogP contribution in [0.1, 0.15) is 56.2 Å². The lowest BCUT2D eigenvalue weighted by Crippen LogP contribution is -2.41. The number of rotatable bonds is 4. The maximum Gasteiger partial charge on any atom is 0.221 e. The SMILES string of the molecule is C#Cc1cc(-c2ncc(F)cc2F)cc(C)c1C1C(=O)CC(CC(=O)NC(C)(C)C)C1=O. The van der Waals surface area contributed by atoms with Crippen LogP contribution >= 0.6 is 0 Å². The minimum atomic E-state index is -1.08. The third kappa shape index (κ3) is 4.75. The van der Waals surface area contributed by atoms with Crippen molar-refractivity contribution in [2.75, 3.05) is 0 Å². The molecule has 32 heavy (non-hydrogen) atoms. The maximum atomic E-state index is 14.2. The van der Waals surface area contributed by atoms with Crippen LogP contribution in [-0.2, 0) is 14.4 Å². The molecule has 1 N–H and O–H groups in total. The Hall–Kier alpha value is -3.40. The Morgan fingerprint density at radius 3 is 2.53 bits per heavy atom. The number of terminal acetylenes is 1. The van der Waals surface area contributed by atoms with Gasteiger partial charge in [0.05, 0.1) is 6.20 Å². The van der Waals surface area contributed by atoms with Gasteiger partial charge in [0.1, 0.15) is 23.2 Å². The molecule has 1 heterocycles. The van der Waals surface area contributed by atoms with Crippen molar-refractivity contribution in [2.24, 2.45) is 5.92 Å². The van der Waals surface area contributed by atoms with Gasteiger partial charge in [0.15, 0.2) is 11.6 Å². The Balaban J connectivity index is 1.95. The summed E-state index contributed by atoms with van der Waals surface area (Å²) in [6.07, 6.45) is 6.44. The Kier molecular flexibility index (Phi) is 6.27. The fourth-order valence-corrected chi connectivity index (χ4v) is 4.09. The molecule has 0 bridgehead atoms. The Bertz CT molecular complexity index is 1160. The summed E-state index contributed by atoms with van der Waals surface area (Å²) in [5.74, 6) is -1.93. The molecule has 0 aliphatic heterocycles. The highest BCUT2D eigenvalue weighted by Crippen LogP contribution is 2.38. The molecule has 2 unspecified atom stereocenters. The van der Waals surface area contributed by atoms with Crippen molar-refractivity contribution in [1.82, 2.24) is 10.3 Å². The minimum Gasteiger partial charge on any atom is -0.351 e. The van der Waals surface area contributed by atoms with Gasteiger partial charge in [-0.3, -0.25) is 19.4 Å². The summed E-state index contributed by atoms with van der Waals surface area (Å²) in [6.45, 7) is 7.16. The topological polar surface area (TPSA) is 76.1 Å². The summed E-state index contributed by atoms with van der Waals surface area (Å²) < 4.78 is 27.4. The first kappa shape index (κ1) is 23.3. The number of benzene rings is 1. The zero-order valence-electron chi connectivity index (χ0n) is 18.4. The predicted molar refractivity (Wildman–Crippen MR) is 116 cm³/mol. The summed E-state index contributed by atoms with van der Waals surface area (Å²) in [6, 6.07) is 3.75. The van der Waals surface area contributed by atoms with Crippen LogP contribution in [0.5, 0.6) is 0 Å². The van der Waals surface area contributed by atoms with Crippen molar-refractivity contribution in [3.63, 3.8) is 0 Å². The molecule has 3 rings (SSSR count). The summed E-state index contributed by atoms with van der Waals surface area (Å²) in [5.41, 5.74) is 0.945. The second-order valence-corrected chi connectivity index (χ2v) is 9.09. The fraction of sp³-hybridized carbons (Fsp3) is 0.360. The van der Waals surface area contributed by atoms with Gasteiger partial charge in [-0.15, -0.1) is 6.42 Å². The second kappa shape index (κ2) is 8.62. The average Bonchev–Trinajstić information content (AvgIpc) is 2.92. The van der Waals surface area contributed by atoms with E-state index in [1.54, 1.807) is 13.0 Å². The molecule has 2 atom stereocenters. The van der Waals surface area contributed by atoms with Gasteiger partial charge in [0.25, 0.3) is 0 Å². The number of ketones is 2. The molecule has 1 aromatic heterocycles. The van der Waals surface area contributed by atoms with Gasteiger partial charge in [-0.1, -0.05) is 5.92 Å². The van der Waals surface area contributed by atoms with Crippen molar-refractivity contribution in [2.45, 2.75) is 52.0 Å². The highest BCUT2D eigenvalue weighted by molar-refractivity contribution is 6.16. The number of carbonyl (C=O) groups excluding carboxylic acids is 3. The lowest BCUT2D eigenvalue weighted by atomic mass is 9.85. The van der Waals surface area contributed by atoms with E-state index in [-0.39, 0.29) is 41.6 Å². The minimum absolute atomic E-state index is 0.0413. The van der Waals surface area contributed by atoms with E-state index in [0.717, 1.165) is 12.3 Å². The second-order valence-electron chi connectivity index (χ2n) is 9.09. The van der Waals surface area contributed by atoms with Crippen LogP contribution in [0.3, 0.4) is 0 Å². The zero-order chi connectivity index (χ0) is 23.8. The molecule has 1 aromatic carbocycles. The van der Waals surface area contributed by atoms with Crippen LogP contribution in [-0.4, -0.2) is 28.0 Å². The number of hydrogen-bond donors (Lipinski definition) is 1. The quantitative estimate of drug-likeness (QED) is 0.581. The number of nitrogens with zero attached hydrogens (tertiary/aromatic N) is 1. The molecule has 0 spiro atoms. The van der Waals surface area contributed by atoms with Crippen LogP contribution in [0.2, 0.25) is 0 Å². The number of pyridine rings is 1. The Labute approximate surface area is 185 Å². The van der Waals surface area contributed by atoms with Gasteiger partial charge in [-0.05, 0) is 51.0 Å². The van der Waals surface area contributed by atoms with Gasteiger partial charge in [0.2, 0.25) is 5.91 Å². The fourth-order valence-electron chi connectivity index (χ4n) is 4.09. The molecule has 166 valence electrons. The number of amides is 1.